The number of rotatable bonds is 3. The van der Waals surface area contributed by atoms with Gasteiger partial charge in [0.25, 0.3) is 0 Å². The van der Waals surface area contributed by atoms with Crippen molar-refractivity contribution in [2.75, 3.05) is 25.2 Å². The molecule has 0 amide bonds. The van der Waals surface area contributed by atoms with Crippen molar-refractivity contribution in [2.24, 2.45) is 5.92 Å². The summed E-state index contributed by atoms with van der Waals surface area (Å²) in [6, 6.07) is 0. The number of carbonyl (C=O) groups is 1. The zero-order chi connectivity index (χ0) is 12.3. The SMILES string of the molecule is COC(C)C(=O)C1CCOC2(CCSCC2)C1. The van der Waals surface area contributed by atoms with E-state index in [1.54, 1.807) is 7.11 Å². The van der Waals surface area contributed by atoms with Gasteiger partial charge in [-0.25, -0.2) is 0 Å². The molecule has 98 valence electrons. The van der Waals surface area contributed by atoms with Crippen LogP contribution in [0, 0.1) is 5.92 Å². The topological polar surface area (TPSA) is 35.5 Å². The van der Waals surface area contributed by atoms with Crippen LogP contribution >= 0.6 is 11.8 Å². The smallest absolute Gasteiger partial charge is 0.164 e. The lowest BCUT2D eigenvalue weighted by Gasteiger charge is -2.43. The van der Waals surface area contributed by atoms with Gasteiger partial charge < -0.3 is 9.47 Å². The highest BCUT2D eigenvalue weighted by Crippen LogP contribution is 2.40. The fourth-order valence-corrected chi connectivity index (χ4v) is 4.05. The number of ether oxygens (including phenoxy) is 2. The molecule has 0 aromatic rings. The molecule has 2 heterocycles. The lowest BCUT2D eigenvalue weighted by atomic mass is 9.79. The zero-order valence-electron chi connectivity index (χ0n) is 10.7. The van der Waals surface area contributed by atoms with E-state index >= 15 is 0 Å². The monoisotopic (exact) mass is 258 g/mol. The summed E-state index contributed by atoms with van der Waals surface area (Å²) in [6.07, 6.45) is 3.70. The maximum Gasteiger partial charge on any atom is 0.164 e. The summed E-state index contributed by atoms with van der Waals surface area (Å²) < 4.78 is 11.1. The fraction of sp³-hybridized carbons (Fsp3) is 0.923. The van der Waals surface area contributed by atoms with Crippen molar-refractivity contribution in [1.82, 2.24) is 0 Å². The molecule has 0 aromatic carbocycles. The van der Waals surface area contributed by atoms with Crippen LogP contribution in [-0.4, -0.2) is 42.7 Å². The Morgan fingerprint density at radius 2 is 2.18 bits per heavy atom. The second-order valence-corrected chi connectivity index (χ2v) is 6.34. The Morgan fingerprint density at radius 3 is 2.82 bits per heavy atom. The Kier molecular flexibility index (Phi) is 4.50. The first kappa shape index (κ1) is 13.4. The molecule has 0 aromatic heterocycles. The van der Waals surface area contributed by atoms with E-state index in [9.17, 15) is 4.79 Å². The van der Waals surface area contributed by atoms with Crippen LogP contribution in [0.4, 0.5) is 0 Å². The molecule has 2 atom stereocenters. The minimum atomic E-state index is -0.270. The van der Waals surface area contributed by atoms with E-state index in [0.717, 1.165) is 32.3 Å². The van der Waals surface area contributed by atoms with Crippen LogP contribution in [0.5, 0.6) is 0 Å². The van der Waals surface area contributed by atoms with Crippen molar-refractivity contribution in [3.63, 3.8) is 0 Å². The normalized spacial score (nSPS) is 30.1. The Hall–Kier alpha value is -0.0600. The Morgan fingerprint density at radius 1 is 1.47 bits per heavy atom. The van der Waals surface area contributed by atoms with Gasteiger partial charge >= 0.3 is 0 Å². The molecular formula is C13H22O3S. The molecule has 2 aliphatic rings. The molecule has 0 bridgehead atoms. The molecule has 2 rings (SSSR count). The molecule has 1 spiro atoms. The van der Waals surface area contributed by atoms with Crippen molar-refractivity contribution in [2.45, 2.75) is 44.3 Å². The predicted molar refractivity (Wildman–Crippen MR) is 69.4 cm³/mol. The number of ketones is 1. The maximum atomic E-state index is 12.2. The first-order chi connectivity index (χ1) is 8.17. The molecule has 0 aliphatic carbocycles. The van der Waals surface area contributed by atoms with Crippen LogP contribution < -0.4 is 0 Å². The minimum absolute atomic E-state index is 0.00269. The molecule has 2 aliphatic heterocycles. The molecule has 2 unspecified atom stereocenters. The summed E-state index contributed by atoms with van der Waals surface area (Å²) in [5, 5.41) is 0. The fourth-order valence-electron chi connectivity index (χ4n) is 2.81. The molecule has 0 radical (unpaired) electrons. The van der Waals surface area contributed by atoms with Gasteiger partial charge in [-0.3, -0.25) is 4.79 Å². The highest BCUT2D eigenvalue weighted by Gasteiger charge is 2.41. The van der Waals surface area contributed by atoms with Crippen LogP contribution in [0.15, 0.2) is 0 Å². The largest absolute Gasteiger partial charge is 0.375 e. The highest BCUT2D eigenvalue weighted by atomic mass is 32.2. The summed E-state index contributed by atoms with van der Waals surface area (Å²) >= 11 is 1.99. The first-order valence-corrected chi connectivity index (χ1v) is 7.60. The van der Waals surface area contributed by atoms with Crippen molar-refractivity contribution in [3.8, 4) is 0 Å². The summed E-state index contributed by atoms with van der Waals surface area (Å²) in [4.78, 5) is 12.2. The Labute approximate surface area is 108 Å². The molecule has 4 heteroatoms. The van der Waals surface area contributed by atoms with Crippen LogP contribution in [-0.2, 0) is 14.3 Å². The van der Waals surface area contributed by atoms with Gasteiger partial charge in [-0.15, -0.1) is 0 Å². The average Bonchev–Trinajstić information content (AvgIpc) is 2.38. The molecular weight excluding hydrogens is 236 g/mol. The molecule has 17 heavy (non-hydrogen) atoms. The van der Waals surface area contributed by atoms with Crippen LogP contribution in [0.3, 0.4) is 0 Å². The van der Waals surface area contributed by atoms with Gasteiger partial charge in [0.15, 0.2) is 5.78 Å². The van der Waals surface area contributed by atoms with Gasteiger partial charge in [-0.1, -0.05) is 0 Å². The molecule has 0 N–H and O–H groups in total. The van der Waals surface area contributed by atoms with Gasteiger partial charge in [-0.05, 0) is 44.1 Å². The summed E-state index contributed by atoms with van der Waals surface area (Å²) in [6.45, 7) is 2.58. The van der Waals surface area contributed by atoms with Crippen molar-refractivity contribution in [3.05, 3.63) is 0 Å². The summed E-state index contributed by atoms with van der Waals surface area (Å²) in [5.41, 5.74) is -0.00269. The van der Waals surface area contributed by atoms with Crippen molar-refractivity contribution < 1.29 is 14.3 Å². The Balaban J connectivity index is 1.98. The third-order valence-corrected chi connectivity index (χ3v) is 5.04. The van der Waals surface area contributed by atoms with Crippen LogP contribution in [0.2, 0.25) is 0 Å². The number of Topliss-reactive ketones (excluding diaryl/α,β-unsaturated/α-hetero) is 1. The zero-order valence-corrected chi connectivity index (χ0v) is 11.6. The number of hydrogen-bond acceptors (Lipinski definition) is 4. The Bertz CT molecular complexity index is 268. The molecule has 2 saturated heterocycles. The predicted octanol–water partition coefficient (Wildman–Crippen LogP) is 2.28. The van der Waals surface area contributed by atoms with Gasteiger partial charge in [0.05, 0.1) is 5.60 Å². The van der Waals surface area contributed by atoms with E-state index in [2.05, 4.69) is 0 Å². The van der Waals surface area contributed by atoms with E-state index in [-0.39, 0.29) is 23.4 Å². The summed E-state index contributed by atoms with van der Waals surface area (Å²) in [5.74, 6) is 2.73. The summed E-state index contributed by atoms with van der Waals surface area (Å²) in [7, 11) is 1.61. The third-order valence-electron chi connectivity index (χ3n) is 4.05. The average molecular weight is 258 g/mol. The van der Waals surface area contributed by atoms with Gasteiger partial charge in [0.2, 0.25) is 0 Å². The van der Waals surface area contributed by atoms with E-state index in [0.29, 0.717) is 0 Å². The van der Waals surface area contributed by atoms with Crippen molar-refractivity contribution in [1.29, 1.82) is 0 Å². The quantitative estimate of drug-likeness (QED) is 0.778. The van der Waals surface area contributed by atoms with E-state index < -0.39 is 0 Å². The standard InChI is InChI=1S/C13H22O3S/c1-10(15-2)12(14)11-3-6-16-13(9-11)4-7-17-8-5-13/h10-11H,3-9H2,1-2H3. The van der Waals surface area contributed by atoms with Gasteiger partial charge in [-0.2, -0.15) is 11.8 Å². The van der Waals surface area contributed by atoms with Gasteiger partial charge in [0.1, 0.15) is 6.10 Å². The lowest BCUT2D eigenvalue weighted by Crippen LogP contribution is -2.46. The minimum Gasteiger partial charge on any atom is -0.375 e. The van der Waals surface area contributed by atoms with Crippen LogP contribution in [0.25, 0.3) is 0 Å². The van der Waals surface area contributed by atoms with Gasteiger partial charge in [0, 0.05) is 19.6 Å². The number of carbonyl (C=O) groups excluding carboxylic acids is 1. The van der Waals surface area contributed by atoms with E-state index in [1.807, 2.05) is 18.7 Å². The highest BCUT2D eigenvalue weighted by molar-refractivity contribution is 7.99. The third kappa shape index (κ3) is 3.04. The number of hydrogen-bond donors (Lipinski definition) is 0. The van der Waals surface area contributed by atoms with E-state index in [1.165, 1.54) is 11.5 Å². The maximum absolute atomic E-state index is 12.2. The molecule has 0 saturated carbocycles. The lowest BCUT2D eigenvalue weighted by molar-refractivity contribution is -0.146. The van der Waals surface area contributed by atoms with Crippen molar-refractivity contribution >= 4 is 17.5 Å². The number of methoxy groups -OCH3 is 1. The van der Waals surface area contributed by atoms with Crippen LogP contribution in [0.1, 0.15) is 32.6 Å². The second kappa shape index (κ2) is 5.72. The molecule has 3 nitrogen and oxygen atoms in total. The second-order valence-electron chi connectivity index (χ2n) is 5.11. The number of thioether (sulfide) groups is 1. The first-order valence-electron chi connectivity index (χ1n) is 6.45. The molecule has 2 fully saturated rings. The van der Waals surface area contributed by atoms with E-state index in [4.69, 9.17) is 9.47 Å².